The van der Waals surface area contributed by atoms with Crippen molar-refractivity contribution in [3.63, 3.8) is 0 Å². The molecule has 0 fully saturated rings. The van der Waals surface area contributed by atoms with Crippen molar-refractivity contribution in [2.75, 3.05) is 11.6 Å². The maximum absolute atomic E-state index is 13.2. The Morgan fingerprint density at radius 3 is 2.45 bits per heavy atom. The Morgan fingerprint density at radius 1 is 1.26 bits per heavy atom. The fourth-order valence-electron chi connectivity index (χ4n) is 3.52. The van der Waals surface area contributed by atoms with Crippen LogP contribution >= 0.6 is 11.6 Å². The average Bonchev–Trinajstić information content (AvgIpc) is 2.67. The molecule has 0 saturated heterocycles. The van der Waals surface area contributed by atoms with Crippen molar-refractivity contribution in [2.45, 2.75) is 39.4 Å². The van der Waals surface area contributed by atoms with Crippen LogP contribution in [0.15, 0.2) is 35.7 Å². The second-order valence-corrected chi connectivity index (χ2v) is 7.69. The zero-order valence-corrected chi connectivity index (χ0v) is 17.9. The first-order chi connectivity index (χ1) is 14.4. The van der Waals surface area contributed by atoms with Crippen LogP contribution in [0.25, 0.3) is 0 Å². The number of carbonyl (C=O) groups is 1. The highest BCUT2D eigenvalue weighted by molar-refractivity contribution is 6.34. The van der Waals surface area contributed by atoms with Crippen molar-refractivity contribution in [2.24, 2.45) is 11.6 Å². The number of halogens is 4. The van der Waals surface area contributed by atoms with Crippen molar-refractivity contribution in [3.05, 3.63) is 63.2 Å². The summed E-state index contributed by atoms with van der Waals surface area (Å²) in [5.74, 6) is 5.83. The lowest BCUT2D eigenvalue weighted by Crippen LogP contribution is -2.49. The maximum atomic E-state index is 13.2. The summed E-state index contributed by atoms with van der Waals surface area (Å²) in [6.45, 7) is 5.48. The molecule has 1 aliphatic heterocycles. The molecule has 31 heavy (non-hydrogen) atoms. The van der Waals surface area contributed by atoms with Gasteiger partial charge in [-0.2, -0.15) is 13.2 Å². The summed E-state index contributed by atoms with van der Waals surface area (Å²) in [7, 11) is 0. The minimum Gasteiger partial charge on any atom is -0.399 e. The summed E-state index contributed by atoms with van der Waals surface area (Å²) < 4.78 is 39.5. The van der Waals surface area contributed by atoms with Gasteiger partial charge < -0.3 is 10.6 Å². The van der Waals surface area contributed by atoms with E-state index >= 15 is 0 Å². The molecule has 3 rings (SSSR count). The maximum Gasteiger partial charge on any atom is 0.417 e. The highest BCUT2D eigenvalue weighted by atomic mass is 35.5. The largest absolute Gasteiger partial charge is 0.417 e. The van der Waals surface area contributed by atoms with Crippen LogP contribution in [0.1, 0.15) is 40.7 Å². The third-order valence-electron chi connectivity index (χ3n) is 5.11. The Bertz CT molecular complexity index is 1040. The molecule has 0 bridgehead atoms. The number of anilines is 1. The lowest BCUT2D eigenvalue weighted by Gasteiger charge is -2.37. The van der Waals surface area contributed by atoms with Gasteiger partial charge in [-0.3, -0.25) is 4.79 Å². The standard InChI is InChI=1S/C20H22ClF3N6O/c1-10-9-11(2)28-19(27-10)30(26)15-7-8-29(12(3)17(15)25)18(31)13-5-4-6-14(16(13)21)20(22,23)24/h4-6,9,12H,7-8,25-26H2,1-3H3. The van der Waals surface area contributed by atoms with E-state index in [0.717, 1.165) is 23.5 Å². The van der Waals surface area contributed by atoms with E-state index in [-0.39, 0.29) is 24.5 Å². The molecule has 0 aliphatic carbocycles. The fourth-order valence-corrected chi connectivity index (χ4v) is 3.83. The smallest absolute Gasteiger partial charge is 0.399 e. The summed E-state index contributed by atoms with van der Waals surface area (Å²) in [6, 6.07) is 4.43. The Balaban J connectivity index is 1.91. The van der Waals surface area contributed by atoms with Gasteiger partial charge in [0.2, 0.25) is 5.95 Å². The van der Waals surface area contributed by atoms with Crippen LogP contribution in [0.4, 0.5) is 19.1 Å². The lowest BCUT2D eigenvalue weighted by atomic mass is 10.0. The number of rotatable bonds is 3. The van der Waals surface area contributed by atoms with Crippen LogP contribution in [-0.4, -0.2) is 33.4 Å². The molecule has 1 aromatic carbocycles. The highest BCUT2D eigenvalue weighted by Crippen LogP contribution is 2.37. The first-order valence-electron chi connectivity index (χ1n) is 9.44. The molecule has 1 aliphatic rings. The van der Waals surface area contributed by atoms with E-state index in [1.165, 1.54) is 16.0 Å². The molecule has 1 atom stereocenters. The number of aromatic nitrogens is 2. The number of hydrazine groups is 1. The molecule has 1 amide bonds. The number of amides is 1. The molecule has 1 unspecified atom stereocenters. The minimum absolute atomic E-state index is 0.182. The van der Waals surface area contributed by atoms with Gasteiger partial charge in [-0.1, -0.05) is 17.7 Å². The first kappa shape index (κ1) is 22.8. The summed E-state index contributed by atoms with van der Waals surface area (Å²) in [5.41, 5.74) is 7.28. The average molecular weight is 455 g/mol. The molecular weight excluding hydrogens is 433 g/mol. The van der Waals surface area contributed by atoms with Gasteiger partial charge in [0, 0.05) is 24.4 Å². The van der Waals surface area contributed by atoms with E-state index in [2.05, 4.69) is 9.97 Å². The van der Waals surface area contributed by atoms with Gasteiger partial charge in [-0.05, 0) is 39.0 Å². The van der Waals surface area contributed by atoms with Gasteiger partial charge in [0.25, 0.3) is 5.91 Å². The number of nitrogens with zero attached hydrogens (tertiary/aromatic N) is 4. The summed E-state index contributed by atoms with van der Waals surface area (Å²) >= 11 is 5.92. The number of benzene rings is 1. The monoisotopic (exact) mass is 454 g/mol. The highest BCUT2D eigenvalue weighted by Gasteiger charge is 2.37. The summed E-state index contributed by atoms with van der Waals surface area (Å²) in [5, 5.41) is 0.648. The quantitative estimate of drug-likeness (QED) is 0.543. The van der Waals surface area contributed by atoms with Gasteiger partial charge >= 0.3 is 6.18 Å². The van der Waals surface area contributed by atoms with Gasteiger partial charge in [-0.25, -0.2) is 20.8 Å². The normalized spacial score (nSPS) is 17.2. The van der Waals surface area contributed by atoms with Gasteiger partial charge in [0.1, 0.15) is 0 Å². The molecule has 2 aromatic rings. The molecule has 11 heteroatoms. The molecule has 166 valence electrons. The Kier molecular flexibility index (Phi) is 6.15. The van der Waals surface area contributed by atoms with E-state index in [0.29, 0.717) is 11.4 Å². The molecular formula is C20H22ClF3N6O. The third-order valence-corrected chi connectivity index (χ3v) is 5.52. The SMILES string of the molecule is Cc1cc(C)nc(N(N)C2=C(N)C(C)N(C(=O)c3cccc(C(F)(F)F)c3Cl)CC2)n1. The molecule has 0 saturated carbocycles. The van der Waals surface area contributed by atoms with Crippen molar-refractivity contribution in [1.82, 2.24) is 14.9 Å². The predicted octanol–water partition coefficient (Wildman–Crippen LogP) is 3.55. The second-order valence-electron chi connectivity index (χ2n) is 7.31. The molecule has 0 spiro atoms. The van der Waals surface area contributed by atoms with Crippen LogP contribution in [0.3, 0.4) is 0 Å². The zero-order chi connectivity index (χ0) is 23.1. The van der Waals surface area contributed by atoms with Crippen LogP contribution in [-0.2, 0) is 6.18 Å². The molecule has 2 heterocycles. The first-order valence-corrected chi connectivity index (χ1v) is 9.82. The number of hydrogen-bond acceptors (Lipinski definition) is 6. The Morgan fingerprint density at radius 2 is 1.87 bits per heavy atom. The number of alkyl halides is 3. The van der Waals surface area contributed by atoms with E-state index in [9.17, 15) is 18.0 Å². The Labute approximate surface area is 182 Å². The third kappa shape index (κ3) is 4.45. The number of carbonyl (C=O) groups excluding carboxylic acids is 1. The fraction of sp³-hybridized carbons (Fsp3) is 0.350. The second kappa shape index (κ2) is 8.35. The van der Waals surface area contributed by atoms with E-state index in [1.807, 2.05) is 13.8 Å². The van der Waals surface area contributed by atoms with Crippen molar-refractivity contribution in [3.8, 4) is 0 Å². The Hall–Kier alpha value is -2.85. The predicted molar refractivity (Wildman–Crippen MR) is 111 cm³/mol. The topological polar surface area (TPSA) is 101 Å². The van der Waals surface area contributed by atoms with Crippen LogP contribution < -0.4 is 16.6 Å². The summed E-state index contributed by atoms with van der Waals surface area (Å²) in [6.07, 6.45) is -4.40. The lowest BCUT2D eigenvalue weighted by molar-refractivity contribution is -0.137. The van der Waals surface area contributed by atoms with Crippen molar-refractivity contribution in [1.29, 1.82) is 0 Å². The van der Waals surface area contributed by atoms with Crippen LogP contribution in [0.5, 0.6) is 0 Å². The van der Waals surface area contributed by atoms with E-state index in [1.54, 1.807) is 13.0 Å². The van der Waals surface area contributed by atoms with Gasteiger partial charge in [0.05, 0.1) is 33.6 Å². The van der Waals surface area contributed by atoms with Crippen LogP contribution in [0, 0.1) is 13.8 Å². The molecule has 1 aromatic heterocycles. The molecule has 7 nitrogen and oxygen atoms in total. The summed E-state index contributed by atoms with van der Waals surface area (Å²) in [4.78, 5) is 23.0. The van der Waals surface area contributed by atoms with E-state index in [4.69, 9.17) is 23.2 Å². The van der Waals surface area contributed by atoms with Crippen molar-refractivity contribution >= 4 is 23.5 Å². The van der Waals surface area contributed by atoms with Crippen molar-refractivity contribution < 1.29 is 18.0 Å². The number of hydrogen-bond donors (Lipinski definition) is 2. The van der Waals surface area contributed by atoms with Gasteiger partial charge in [0.15, 0.2) is 0 Å². The molecule has 4 N–H and O–H groups in total. The number of aryl methyl sites for hydroxylation is 2. The zero-order valence-electron chi connectivity index (χ0n) is 17.2. The van der Waals surface area contributed by atoms with E-state index < -0.39 is 28.7 Å². The number of nitrogens with two attached hydrogens (primary N) is 2. The van der Waals surface area contributed by atoms with Gasteiger partial charge in [-0.15, -0.1) is 0 Å². The van der Waals surface area contributed by atoms with Crippen LogP contribution in [0.2, 0.25) is 5.02 Å². The minimum atomic E-state index is -4.67. The molecule has 0 radical (unpaired) electrons.